The first-order chi connectivity index (χ1) is 6.86. The fourth-order valence-corrected chi connectivity index (χ4v) is 2.03. The Balaban J connectivity index is 2.93. The second-order valence-electron chi connectivity index (χ2n) is 3.27. The second kappa shape index (κ2) is 4.36. The van der Waals surface area contributed by atoms with E-state index in [0.29, 0.717) is 5.13 Å². The summed E-state index contributed by atoms with van der Waals surface area (Å²) in [7, 11) is 3.46. The van der Waals surface area contributed by atoms with Crippen molar-refractivity contribution in [3.8, 4) is 0 Å². The molecule has 0 fully saturated rings. The molecule has 86 valence electrons. The quantitative estimate of drug-likeness (QED) is 0.874. The highest BCUT2D eigenvalue weighted by molar-refractivity contribution is 7.15. The van der Waals surface area contributed by atoms with Gasteiger partial charge in [-0.1, -0.05) is 0 Å². The number of hydrogen-bond donors (Lipinski definition) is 1. The van der Waals surface area contributed by atoms with Crippen LogP contribution in [0.3, 0.4) is 0 Å². The summed E-state index contributed by atoms with van der Waals surface area (Å²) in [5, 5.41) is 0.549. The number of aromatic nitrogens is 1. The van der Waals surface area contributed by atoms with Crippen LogP contribution in [0.4, 0.5) is 18.3 Å². The minimum atomic E-state index is -4.30. The number of thiazole rings is 1. The Hall–Kier alpha value is -0.820. The lowest BCUT2D eigenvalue weighted by Gasteiger charge is -2.16. The molecule has 1 atom stereocenters. The molecule has 1 unspecified atom stereocenters. The molecular formula is C8H12F3N3S. The fourth-order valence-electron chi connectivity index (χ4n) is 1.06. The standard InChI is InChI=1S/C8H12F3N3S/c1-14(2)7-13-4-6(15-7)5(3-12)8(9,10)11/h4-5H,3,12H2,1-2H3. The summed E-state index contributed by atoms with van der Waals surface area (Å²) in [6, 6.07) is 0. The third-order valence-corrected chi connectivity index (χ3v) is 3.15. The normalized spacial score (nSPS) is 14.0. The number of halogens is 3. The zero-order valence-electron chi connectivity index (χ0n) is 8.38. The number of alkyl halides is 3. The van der Waals surface area contributed by atoms with Crippen LogP contribution in [0.15, 0.2) is 6.20 Å². The van der Waals surface area contributed by atoms with E-state index in [1.165, 1.54) is 6.20 Å². The largest absolute Gasteiger partial charge is 0.397 e. The van der Waals surface area contributed by atoms with Crippen LogP contribution in [0, 0.1) is 0 Å². The molecule has 0 spiro atoms. The Kier molecular flexibility index (Phi) is 3.56. The van der Waals surface area contributed by atoms with Gasteiger partial charge in [0, 0.05) is 31.7 Å². The van der Waals surface area contributed by atoms with Crippen molar-refractivity contribution in [1.29, 1.82) is 0 Å². The van der Waals surface area contributed by atoms with E-state index in [4.69, 9.17) is 5.73 Å². The van der Waals surface area contributed by atoms with Gasteiger partial charge >= 0.3 is 6.18 Å². The van der Waals surface area contributed by atoms with Crippen LogP contribution in [0.5, 0.6) is 0 Å². The Morgan fingerprint density at radius 1 is 1.53 bits per heavy atom. The van der Waals surface area contributed by atoms with Gasteiger partial charge in [-0.2, -0.15) is 13.2 Å². The Labute approximate surface area is 89.7 Å². The van der Waals surface area contributed by atoms with Crippen LogP contribution in [-0.4, -0.2) is 31.8 Å². The van der Waals surface area contributed by atoms with Gasteiger partial charge in [-0.25, -0.2) is 4.98 Å². The van der Waals surface area contributed by atoms with E-state index in [1.54, 1.807) is 19.0 Å². The topological polar surface area (TPSA) is 42.2 Å². The Morgan fingerprint density at radius 2 is 2.13 bits per heavy atom. The minimum absolute atomic E-state index is 0.161. The van der Waals surface area contributed by atoms with Crippen LogP contribution in [-0.2, 0) is 0 Å². The molecule has 0 aromatic carbocycles. The van der Waals surface area contributed by atoms with Gasteiger partial charge in [-0.3, -0.25) is 0 Å². The molecule has 0 radical (unpaired) electrons. The van der Waals surface area contributed by atoms with E-state index in [-0.39, 0.29) is 4.88 Å². The SMILES string of the molecule is CN(C)c1ncc(C(CN)C(F)(F)F)s1. The van der Waals surface area contributed by atoms with Gasteiger partial charge in [0.15, 0.2) is 5.13 Å². The van der Waals surface area contributed by atoms with Crippen LogP contribution in [0.2, 0.25) is 0 Å². The van der Waals surface area contributed by atoms with Crippen molar-refractivity contribution in [2.45, 2.75) is 12.1 Å². The second-order valence-corrected chi connectivity index (χ2v) is 4.31. The molecule has 3 nitrogen and oxygen atoms in total. The molecule has 15 heavy (non-hydrogen) atoms. The van der Waals surface area contributed by atoms with Crippen molar-refractivity contribution in [3.63, 3.8) is 0 Å². The monoisotopic (exact) mass is 239 g/mol. The van der Waals surface area contributed by atoms with Crippen molar-refractivity contribution in [3.05, 3.63) is 11.1 Å². The molecule has 0 saturated carbocycles. The fraction of sp³-hybridized carbons (Fsp3) is 0.625. The van der Waals surface area contributed by atoms with Crippen LogP contribution in [0.1, 0.15) is 10.8 Å². The zero-order valence-corrected chi connectivity index (χ0v) is 9.19. The molecule has 0 aliphatic heterocycles. The van der Waals surface area contributed by atoms with E-state index >= 15 is 0 Å². The Morgan fingerprint density at radius 3 is 2.47 bits per heavy atom. The highest BCUT2D eigenvalue weighted by Crippen LogP contribution is 2.37. The molecule has 1 rings (SSSR count). The van der Waals surface area contributed by atoms with E-state index in [9.17, 15) is 13.2 Å². The Bertz CT molecular complexity index is 321. The maximum absolute atomic E-state index is 12.5. The third-order valence-electron chi connectivity index (χ3n) is 1.87. The van der Waals surface area contributed by atoms with E-state index in [2.05, 4.69) is 4.98 Å². The summed E-state index contributed by atoms with van der Waals surface area (Å²) in [5.74, 6) is -1.61. The van der Waals surface area contributed by atoms with Crippen LogP contribution in [0.25, 0.3) is 0 Å². The first kappa shape index (κ1) is 12.3. The van der Waals surface area contributed by atoms with E-state index in [1.807, 2.05) is 0 Å². The molecule has 0 aliphatic rings. The number of hydrogen-bond acceptors (Lipinski definition) is 4. The first-order valence-corrected chi connectivity index (χ1v) is 5.07. The maximum Gasteiger partial charge on any atom is 0.397 e. The van der Waals surface area contributed by atoms with Crippen molar-refractivity contribution in [1.82, 2.24) is 4.98 Å². The van der Waals surface area contributed by atoms with Gasteiger partial charge in [0.25, 0.3) is 0 Å². The van der Waals surface area contributed by atoms with Crippen LogP contribution >= 0.6 is 11.3 Å². The van der Waals surface area contributed by atoms with Gasteiger partial charge in [0.1, 0.15) is 5.92 Å². The average molecular weight is 239 g/mol. The number of anilines is 1. The average Bonchev–Trinajstić information content (AvgIpc) is 2.51. The molecule has 7 heteroatoms. The summed E-state index contributed by atoms with van der Waals surface area (Å²) < 4.78 is 37.5. The number of nitrogens with zero attached hydrogens (tertiary/aromatic N) is 2. The van der Waals surface area contributed by atoms with Crippen LogP contribution < -0.4 is 10.6 Å². The maximum atomic E-state index is 12.5. The molecule has 1 heterocycles. The van der Waals surface area contributed by atoms with Crippen molar-refractivity contribution in [2.24, 2.45) is 5.73 Å². The van der Waals surface area contributed by atoms with Gasteiger partial charge in [-0.05, 0) is 0 Å². The summed E-state index contributed by atoms with van der Waals surface area (Å²) in [6.07, 6.45) is -3.06. The minimum Gasteiger partial charge on any atom is -0.354 e. The third kappa shape index (κ3) is 2.82. The predicted molar refractivity (Wildman–Crippen MR) is 54.3 cm³/mol. The van der Waals surface area contributed by atoms with Crippen molar-refractivity contribution >= 4 is 16.5 Å². The smallest absolute Gasteiger partial charge is 0.354 e. The molecule has 1 aromatic heterocycles. The van der Waals surface area contributed by atoms with Gasteiger partial charge in [0.2, 0.25) is 0 Å². The lowest BCUT2D eigenvalue weighted by atomic mass is 10.1. The summed E-state index contributed by atoms with van der Waals surface area (Å²) in [4.78, 5) is 5.71. The molecule has 0 saturated heterocycles. The molecule has 0 aliphatic carbocycles. The number of nitrogens with two attached hydrogens (primary N) is 1. The highest BCUT2D eigenvalue weighted by atomic mass is 32.1. The summed E-state index contributed by atoms with van der Waals surface area (Å²) >= 11 is 1.02. The lowest BCUT2D eigenvalue weighted by molar-refractivity contribution is -0.147. The highest BCUT2D eigenvalue weighted by Gasteiger charge is 2.40. The summed E-state index contributed by atoms with van der Waals surface area (Å²) in [6.45, 7) is -0.446. The zero-order chi connectivity index (χ0) is 11.6. The van der Waals surface area contributed by atoms with E-state index < -0.39 is 18.6 Å². The first-order valence-electron chi connectivity index (χ1n) is 4.26. The molecule has 0 bridgehead atoms. The van der Waals surface area contributed by atoms with Crippen molar-refractivity contribution < 1.29 is 13.2 Å². The van der Waals surface area contributed by atoms with E-state index in [0.717, 1.165) is 11.3 Å². The molecular weight excluding hydrogens is 227 g/mol. The van der Waals surface area contributed by atoms with Gasteiger partial charge in [0.05, 0.1) is 0 Å². The van der Waals surface area contributed by atoms with Gasteiger partial charge in [-0.15, -0.1) is 11.3 Å². The number of rotatable bonds is 3. The predicted octanol–water partition coefficient (Wildman–Crippen LogP) is 1.81. The summed E-state index contributed by atoms with van der Waals surface area (Å²) in [5.41, 5.74) is 5.12. The van der Waals surface area contributed by atoms with Crippen molar-refractivity contribution in [2.75, 3.05) is 25.5 Å². The lowest BCUT2D eigenvalue weighted by Crippen LogP contribution is -2.27. The molecule has 0 amide bonds. The molecule has 2 N–H and O–H groups in total. The van der Waals surface area contributed by atoms with Gasteiger partial charge < -0.3 is 10.6 Å². The molecule has 1 aromatic rings.